The molecule has 0 saturated carbocycles. The third-order valence-corrected chi connectivity index (χ3v) is 5.84. The molecule has 0 spiro atoms. The van der Waals surface area contributed by atoms with Crippen LogP contribution in [0, 0.1) is 0 Å². The summed E-state index contributed by atoms with van der Waals surface area (Å²) in [6, 6.07) is 24.4. The molecule has 1 aromatic heterocycles. The molecule has 3 aromatic carbocycles. The summed E-state index contributed by atoms with van der Waals surface area (Å²) in [5.74, 6) is 0. The summed E-state index contributed by atoms with van der Waals surface area (Å²) < 4.78 is 5.72. The Balaban J connectivity index is 1.20. The Labute approximate surface area is 193 Å². The van der Waals surface area contributed by atoms with E-state index in [2.05, 4.69) is 33.8 Å². The van der Waals surface area contributed by atoms with Crippen molar-refractivity contribution >= 4 is 34.0 Å². The summed E-state index contributed by atoms with van der Waals surface area (Å²) in [6.45, 7) is 1.87. The van der Waals surface area contributed by atoms with Crippen molar-refractivity contribution in [3.63, 3.8) is 0 Å². The van der Waals surface area contributed by atoms with Gasteiger partial charge < -0.3 is 25.3 Å². The molecule has 2 heterocycles. The lowest BCUT2D eigenvalue weighted by molar-refractivity contribution is 0.172. The van der Waals surface area contributed by atoms with Gasteiger partial charge in [0.15, 0.2) is 0 Å². The number of rotatable bonds is 8. The first-order chi connectivity index (χ1) is 16.2. The van der Waals surface area contributed by atoms with Gasteiger partial charge in [0.05, 0.1) is 12.2 Å². The summed E-state index contributed by atoms with van der Waals surface area (Å²) >= 11 is 0. The number of carbonyl (C=O) groups excluding carboxylic acids is 1. The van der Waals surface area contributed by atoms with Crippen LogP contribution in [0.5, 0.6) is 0 Å². The van der Waals surface area contributed by atoms with Gasteiger partial charge in [-0.3, -0.25) is 4.90 Å². The number of ether oxygens (including phenoxy) is 1. The van der Waals surface area contributed by atoms with E-state index in [1.807, 2.05) is 72.7 Å². The number of nitrogens with zero attached hydrogens (tertiary/aromatic N) is 2. The van der Waals surface area contributed by atoms with E-state index in [-0.39, 0.29) is 6.03 Å². The molecule has 0 fully saturated rings. The molecule has 0 bridgehead atoms. The Morgan fingerprint density at radius 1 is 0.939 bits per heavy atom. The highest BCUT2D eigenvalue weighted by atomic mass is 16.5. The van der Waals surface area contributed by atoms with Gasteiger partial charge in [-0.05, 0) is 46.8 Å². The molecule has 33 heavy (non-hydrogen) atoms. The third-order valence-electron chi connectivity index (χ3n) is 5.84. The molecular formula is C26H27N5O2. The number of amides is 2. The number of carbonyl (C=O) groups is 1. The minimum absolute atomic E-state index is 0.00277. The van der Waals surface area contributed by atoms with Crippen LogP contribution in [-0.4, -0.2) is 36.4 Å². The highest BCUT2D eigenvalue weighted by molar-refractivity contribution is 5.95. The van der Waals surface area contributed by atoms with Gasteiger partial charge in [-0.2, -0.15) is 0 Å². The molecule has 0 unspecified atom stereocenters. The fourth-order valence-electron chi connectivity index (χ4n) is 4.09. The molecule has 0 atom stereocenters. The number of nitrogens with one attached hydrogen (secondary N) is 3. The van der Waals surface area contributed by atoms with Gasteiger partial charge in [0, 0.05) is 36.7 Å². The lowest BCUT2D eigenvalue weighted by Crippen LogP contribution is -2.44. The second kappa shape index (κ2) is 9.26. The van der Waals surface area contributed by atoms with Crippen molar-refractivity contribution in [1.82, 2.24) is 9.88 Å². The molecule has 4 aromatic rings. The van der Waals surface area contributed by atoms with E-state index in [4.69, 9.17) is 4.74 Å². The van der Waals surface area contributed by atoms with Gasteiger partial charge in [-0.15, -0.1) is 0 Å². The molecule has 5 rings (SSSR count). The number of hydrogen-bond acceptors (Lipinski definition) is 4. The van der Waals surface area contributed by atoms with Gasteiger partial charge in [0.2, 0.25) is 0 Å². The van der Waals surface area contributed by atoms with Crippen LogP contribution in [-0.2, 0) is 17.8 Å². The first-order valence-corrected chi connectivity index (χ1v) is 11.0. The number of fused-ring (bicyclic) bond motifs is 2. The van der Waals surface area contributed by atoms with Crippen LogP contribution in [0.3, 0.4) is 0 Å². The van der Waals surface area contributed by atoms with E-state index in [0.29, 0.717) is 26.6 Å². The minimum Gasteiger partial charge on any atom is -0.363 e. The number of aromatic nitrogens is 1. The highest BCUT2D eigenvalue weighted by Crippen LogP contribution is 2.32. The fraction of sp³-hybridized carbons (Fsp3) is 0.192. The topological polar surface area (TPSA) is 72.6 Å². The van der Waals surface area contributed by atoms with Crippen molar-refractivity contribution < 1.29 is 9.53 Å². The summed E-state index contributed by atoms with van der Waals surface area (Å²) in [4.78, 5) is 19.7. The van der Waals surface area contributed by atoms with Crippen molar-refractivity contribution in [2.45, 2.75) is 13.1 Å². The van der Waals surface area contributed by atoms with Crippen LogP contribution < -0.4 is 15.5 Å². The number of urea groups is 1. The predicted octanol–water partition coefficient (Wildman–Crippen LogP) is 5.20. The maximum absolute atomic E-state index is 12.9. The van der Waals surface area contributed by atoms with Crippen LogP contribution in [0.25, 0.3) is 10.9 Å². The maximum atomic E-state index is 12.9. The first kappa shape index (κ1) is 20.9. The van der Waals surface area contributed by atoms with Crippen molar-refractivity contribution in [2.24, 2.45) is 0 Å². The minimum atomic E-state index is 0.00277. The van der Waals surface area contributed by atoms with Crippen LogP contribution in [0.15, 0.2) is 79.0 Å². The van der Waals surface area contributed by atoms with Crippen molar-refractivity contribution in [3.8, 4) is 0 Å². The molecule has 7 nitrogen and oxygen atoms in total. The summed E-state index contributed by atoms with van der Waals surface area (Å²) in [5, 5.41) is 7.75. The lowest BCUT2D eigenvalue weighted by atomic mass is 10.1. The van der Waals surface area contributed by atoms with Gasteiger partial charge in [-0.1, -0.05) is 42.5 Å². The van der Waals surface area contributed by atoms with Crippen molar-refractivity contribution in [3.05, 3.63) is 90.1 Å². The third kappa shape index (κ3) is 4.63. The first-order valence-electron chi connectivity index (χ1n) is 11.0. The quantitative estimate of drug-likeness (QED) is 0.260. The van der Waals surface area contributed by atoms with Crippen LogP contribution in [0.4, 0.5) is 21.9 Å². The van der Waals surface area contributed by atoms with Crippen molar-refractivity contribution in [2.75, 3.05) is 36.0 Å². The molecule has 168 valence electrons. The van der Waals surface area contributed by atoms with E-state index in [0.717, 1.165) is 33.7 Å². The molecule has 1 aliphatic heterocycles. The van der Waals surface area contributed by atoms with E-state index >= 15 is 0 Å². The zero-order chi connectivity index (χ0) is 22.6. The maximum Gasteiger partial charge on any atom is 0.324 e. The van der Waals surface area contributed by atoms with E-state index in [1.54, 1.807) is 4.90 Å². The average molecular weight is 442 g/mol. The SMILES string of the molecule is CN1Cc2ccc(NCOCNc3ccc4cc[nH]c4c3)cc2N(Cc2ccccc2)C1=O. The summed E-state index contributed by atoms with van der Waals surface area (Å²) in [5.41, 5.74) is 6.16. The normalized spacial score (nSPS) is 13.3. The van der Waals surface area contributed by atoms with Crippen molar-refractivity contribution in [1.29, 1.82) is 0 Å². The molecule has 1 aliphatic rings. The highest BCUT2D eigenvalue weighted by Gasteiger charge is 2.28. The molecule has 2 amide bonds. The van der Waals surface area contributed by atoms with Gasteiger partial charge in [-0.25, -0.2) is 4.79 Å². The van der Waals surface area contributed by atoms with Crippen LogP contribution in [0.1, 0.15) is 11.1 Å². The fourth-order valence-corrected chi connectivity index (χ4v) is 4.09. The zero-order valence-electron chi connectivity index (χ0n) is 18.5. The van der Waals surface area contributed by atoms with Gasteiger partial charge >= 0.3 is 6.03 Å². The number of benzene rings is 3. The molecule has 7 heteroatoms. The second-order valence-corrected chi connectivity index (χ2v) is 8.18. The number of aromatic amines is 1. The second-order valence-electron chi connectivity index (χ2n) is 8.18. The zero-order valence-corrected chi connectivity index (χ0v) is 18.5. The number of H-pyrrole nitrogens is 1. The lowest BCUT2D eigenvalue weighted by Gasteiger charge is -2.35. The van der Waals surface area contributed by atoms with Crippen LogP contribution in [0.2, 0.25) is 0 Å². The standard InChI is InChI=1S/C26H27N5O2/c1-30-16-21-8-10-23(14-25(21)31(26(30)32)15-19-5-3-2-4-6-19)29-18-33-17-28-22-9-7-20-11-12-27-24(20)13-22/h2-14,27-29H,15-18H2,1H3. The Morgan fingerprint density at radius 3 is 2.52 bits per heavy atom. The van der Waals surface area contributed by atoms with E-state index in [1.165, 1.54) is 5.39 Å². The number of hydrogen-bond donors (Lipinski definition) is 3. The monoisotopic (exact) mass is 441 g/mol. The molecular weight excluding hydrogens is 414 g/mol. The van der Waals surface area contributed by atoms with E-state index in [9.17, 15) is 4.79 Å². The van der Waals surface area contributed by atoms with Crippen LogP contribution >= 0.6 is 0 Å². The average Bonchev–Trinajstić information content (AvgIpc) is 3.31. The molecule has 0 saturated heterocycles. The summed E-state index contributed by atoms with van der Waals surface area (Å²) in [7, 11) is 1.84. The number of anilines is 3. The Hall–Kier alpha value is -3.97. The predicted molar refractivity (Wildman–Crippen MR) is 132 cm³/mol. The Morgan fingerprint density at radius 2 is 1.70 bits per heavy atom. The molecule has 3 N–H and O–H groups in total. The summed E-state index contributed by atoms with van der Waals surface area (Å²) in [6.07, 6.45) is 1.93. The van der Waals surface area contributed by atoms with Gasteiger partial charge in [0.1, 0.15) is 13.5 Å². The molecule has 0 aliphatic carbocycles. The Bertz CT molecular complexity index is 1250. The molecule has 0 radical (unpaired) electrons. The van der Waals surface area contributed by atoms with E-state index < -0.39 is 0 Å². The van der Waals surface area contributed by atoms with Gasteiger partial charge in [0.25, 0.3) is 0 Å². The smallest absolute Gasteiger partial charge is 0.324 e. The Kier molecular flexibility index (Phi) is 5.87. The largest absolute Gasteiger partial charge is 0.363 e.